The fourth-order valence-corrected chi connectivity index (χ4v) is 2.11. The molecule has 0 fully saturated rings. The first-order chi connectivity index (χ1) is 9.24. The maximum absolute atomic E-state index is 5.99. The predicted octanol–water partition coefficient (Wildman–Crippen LogP) is 4.68. The molecule has 0 unspecified atom stereocenters. The van der Waals surface area contributed by atoms with E-state index >= 15 is 0 Å². The molecule has 2 aromatic carbocycles. The van der Waals surface area contributed by atoms with E-state index in [0.717, 1.165) is 22.4 Å². The molecule has 5 heteroatoms. The maximum atomic E-state index is 5.99. The van der Waals surface area contributed by atoms with Gasteiger partial charge < -0.3 is 5.32 Å². The van der Waals surface area contributed by atoms with Gasteiger partial charge in [0.05, 0.1) is 15.6 Å². The zero-order valence-corrected chi connectivity index (χ0v) is 11.3. The lowest BCUT2D eigenvalue weighted by Crippen LogP contribution is -1.95. The van der Waals surface area contributed by atoms with Gasteiger partial charge in [-0.15, -0.1) is 0 Å². The van der Waals surface area contributed by atoms with Crippen LogP contribution in [0, 0.1) is 0 Å². The molecule has 94 valence electrons. The standard InChI is InChI=1S/C14H9Cl2N3/c15-11-6-5-9(7-12(11)16)19-14-10-3-1-2-4-13(10)17-8-18-14/h1-8H,(H,17,18,19). The summed E-state index contributed by atoms with van der Waals surface area (Å²) in [5.41, 5.74) is 1.72. The number of benzene rings is 2. The van der Waals surface area contributed by atoms with Crippen LogP contribution in [-0.2, 0) is 0 Å². The summed E-state index contributed by atoms with van der Waals surface area (Å²) in [6, 6.07) is 13.2. The van der Waals surface area contributed by atoms with E-state index in [4.69, 9.17) is 23.2 Å². The van der Waals surface area contributed by atoms with Gasteiger partial charge in [-0.1, -0.05) is 35.3 Å². The first-order valence-corrected chi connectivity index (χ1v) is 6.41. The minimum Gasteiger partial charge on any atom is -0.340 e. The molecule has 1 heterocycles. The highest BCUT2D eigenvalue weighted by Gasteiger charge is 2.04. The second-order valence-electron chi connectivity index (χ2n) is 3.99. The second kappa shape index (κ2) is 5.03. The summed E-state index contributed by atoms with van der Waals surface area (Å²) < 4.78 is 0. The Kier molecular flexibility index (Phi) is 3.23. The van der Waals surface area contributed by atoms with Crippen molar-refractivity contribution < 1.29 is 0 Å². The van der Waals surface area contributed by atoms with E-state index in [0.29, 0.717) is 10.0 Å². The molecule has 0 aliphatic carbocycles. The third-order valence-electron chi connectivity index (χ3n) is 2.73. The van der Waals surface area contributed by atoms with Crippen molar-refractivity contribution in [1.29, 1.82) is 0 Å². The van der Waals surface area contributed by atoms with Crippen molar-refractivity contribution in [3.8, 4) is 0 Å². The number of fused-ring (bicyclic) bond motifs is 1. The van der Waals surface area contributed by atoms with Crippen LogP contribution in [0.1, 0.15) is 0 Å². The summed E-state index contributed by atoms with van der Waals surface area (Å²) >= 11 is 11.9. The molecule has 3 rings (SSSR count). The predicted molar refractivity (Wildman–Crippen MR) is 79.3 cm³/mol. The van der Waals surface area contributed by atoms with E-state index in [1.165, 1.54) is 6.33 Å². The Balaban J connectivity index is 2.03. The van der Waals surface area contributed by atoms with E-state index < -0.39 is 0 Å². The van der Waals surface area contributed by atoms with Gasteiger partial charge in [0.2, 0.25) is 0 Å². The van der Waals surface area contributed by atoms with Gasteiger partial charge in [-0.05, 0) is 30.3 Å². The zero-order chi connectivity index (χ0) is 13.2. The van der Waals surface area contributed by atoms with Crippen LogP contribution < -0.4 is 5.32 Å². The largest absolute Gasteiger partial charge is 0.340 e. The Morgan fingerprint density at radius 1 is 0.895 bits per heavy atom. The first kappa shape index (κ1) is 12.2. The maximum Gasteiger partial charge on any atom is 0.141 e. The number of halogens is 2. The number of para-hydroxylation sites is 1. The van der Waals surface area contributed by atoms with Crippen molar-refractivity contribution in [2.75, 3.05) is 5.32 Å². The van der Waals surface area contributed by atoms with Crippen LogP contribution >= 0.6 is 23.2 Å². The topological polar surface area (TPSA) is 37.8 Å². The molecule has 0 saturated carbocycles. The fraction of sp³-hybridized carbons (Fsp3) is 0. The minimum atomic E-state index is 0.505. The summed E-state index contributed by atoms with van der Waals surface area (Å²) in [5, 5.41) is 5.21. The highest BCUT2D eigenvalue weighted by Crippen LogP contribution is 2.28. The third kappa shape index (κ3) is 2.48. The molecule has 0 amide bonds. The summed E-state index contributed by atoms with van der Waals surface area (Å²) in [6.07, 6.45) is 1.53. The second-order valence-corrected chi connectivity index (χ2v) is 4.81. The molecule has 1 aromatic heterocycles. The molecule has 0 saturated heterocycles. The highest BCUT2D eigenvalue weighted by atomic mass is 35.5. The van der Waals surface area contributed by atoms with Crippen LogP contribution in [-0.4, -0.2) is 9.97 Å². The molecule has 3 nitrogen and oxygen atoms in total. The number of aromatic nitrogens is 2. The lowest BCUT2D eigenvalue weighted by molar-refractivity contribution is 1.22. The minimum absolute atomic E-state index is 0.505. The summed E-state index contributed by atoms with van der Waals surface area (Å²) in [4.78, 5) is 8.47. The van der Waals surface area contributed by atoms with Gasteiger partial charge in [0.15, 0.2) is 0 Å². The molecular formula is C14H9Cl2N3. The van der Waals surface area contributed by atoms with E-state index in [-0.39, 0.29) is 0 Å². The molecule has 0 atom stereocenters. The smallest absolute Gasteiger partial charge is 0.141 e. The number of anilines is 2. The monoisotopic (exact) mass is 289 g/mol. The number of nitrogens with one attached hydrogen (secondary N) is 1. The molecule has 0 aliphatic rings. The van der Waals surface area contributed by atoms with Crippen LogP contribution in [0.3, 0.4) is 0 Å². The molecular weight excluding hydrogens is 281 g/mol. The van der Waals surface area contributed by atoms with Crippen molar-refractivity contribution in [2.24, 2.45) is 0 Å². The van der Waals surface area contributed by atoms with Crippen LogP contribution in [0.5, 0.6) is 0 Å². The summed E-state index contributed by atoms with van der Waals surface area (Å²) in [7, 11) is 0. The van der Waals surface area contributed by atoms with Crippen LogP contribution in [0.15, 0.2) is 48.8 Å². The van der Waals surface area contributed by atoms with Gasteiger partial charge in [-0.2, -0.15) is 0 Å². The van der Waals surface area contributed by atoms with E-state index in [1.807, 2.05) is 30.3 Å². The average molecular weight is 290 g/mol. The SMILES string of the molecule is Clc1ccc(Nc2ncnc3ccccc23)cc1Cl. The van der Waals surface area contributed by atoms with Crippen molar-refractivity contribution >= 4 is 45.6 Å². The van der Waals surface area contributed by atoms with Crippen molar-refractivity contribution in [3.63, 3.8) is 0 Å². The van der Waals surface area contributed by atoms with Crippen molar-refractivity contribution in [3.05, 3.63) is 58.8 Å². The first-order valence-electron chi connectivity index (χ1n) is 5.66. The number of rotatable bonds is 2. The molecule has 19 heavy (non-hydrogen) atoms. The van der Waals surface area contributed by atoms with Crippen LogP contribution in [0.4, 0.5) is 11.5 Å². The van der Waals surface area contributed by atoms with Gasteiger partial charge in [-0.25, -0.2) is 9.97 Å². The lowest BCUT2D eigenvalue weighted by Gasteiger charge is -2.08. The Hall–Kier alpha value is -1.84. The van der Waals surface area contributed by atoms with Crippen molar-refractivity contribution in [2.45, 2.75) is 0 Å². The zero-order valence-electron chi connectivity index (χ0n) is 9.77. The third-order valence-corrected chi connectivity index (χ3v) is 3.46. The Labute approximate surface area is 120 Å². The van der Waals surface area contributed by atoms with Gasteiger partial charge >= 0.3 is 0 Å². The lowest BCUT2D eigenvalue weighted by atomic mass is 10.2. The van der Waals surface area contributed by atoms with Crippen LogP contribution in [0.25, 0.3) is 10.9 Å². The Morgan fingerprint density at radius 3 is 2.58 bits per heavy atom. The fourth-order valence-electron chi connectivity index (χ4n) is 1.82. The number of hydrogen-bond donors (Lipinski definition) is 1. The van der Waals surface area contributed by atoms with E-state index in [1.54, 1.807) is 12.1 Å². The Bertz CT molecular complexity index is 738. The molecule has 0 aliphatic heterocycles. The number of hydrogen-bond acceptors (Lipinski definition) is 3. The molecule has 0 spiro atoms. The van der Waals surface area contributed by atoms with Gasteiger partial charge in [0, 0.05) is 11.1 Å². The normalized spacial score (nSPS) is 10.6. The van der Waals surface area contributed by atoms with Crippen LogP contribution in [0.2, 0.25) is 10.0 Å². The van der Waals surface area contributed by atoms with Crippen molar-refractivity contribution in [1.82, 2.24) is 9.97 Å². The van der Waals surface area contributed by atoms with E-state index in [2.05, 4.69) is 15.3 Å². The van der Waals surface area contributed by atoms with Gasteiger partial charge in [0.1, 0.15) is 12.1 Å². The average Bonchev–Trinajstić information content (AvgIpc) is 2.43. The van der Waals surface area contributed by atoms with Gasteiger partial charge in [0.25, 0.3) is 0 Å². The molecule has 0 bridgehead atoms. The Morgan fingerprint density at radius 2 is 1.74 bits per heavy atom. The summed E-state index contributed by atoms with van der Waals surface area (Å²) in [5.74, 6) is 0.740. The summed E-state index contributed by atoms with van der Waals surface area (Å²) in [6.45, 7) is 0. The highest BCUT2D eigenvalue weighted by molar-refractivity contribution is 6.42. The molecule has 1 N–H and O–H groups in total. The quantitative estimate of drug-likeness (QED) is 0.744. The molecule has 0 radical (unpaired) electrons. The van der Waals surface area contributed by atoms with E-state index in [9.17, 15) is 0 Å². The van der Waals surface area contributed by atoms with Gasteiger partial charge in [-0.3, -0.25) is 0 Å². The molecule has 3 aromatic rings. The number of nitrogens with zero attached hydrogens (tertiary/aromatic N) is 2.